The fourth-order valence-corrected chi connectivity index (χ4v) is 6.12. The molecule has 2 heterocycles. The summed E-state index contributed by atoms with van der Waals surface area (Å²) in [5, 5.41) is 3.18. The third-order valence-corrected chi connectivity index (χ3v) is 7.89. The highest BCUT2D eigenvalue weighted by atomic mass is 32.2. The lowest BCUT2D eigenvalue weighted by molar-refractivity contribution is -0.153. The van der Waals surface area contributed by atoms with Gasteiger partial charge in [0.25, 0.3) is 10.0 Å². The summed E-state index contributed by atoms with van der Waals surface area (Å²) < 4.78 is 38.5. The van der Waals surface area contributed by atoms with E-state index in [1.54, 1.807) is 48.5 Å². The van der Waals surface area contributed by atoms with Gasteiger partial charge >= 0.3 is 11.9 Å². The number of methoxy groups -OCH3 is 2. The molecule has 1 saturated heterocycles. The number of hydrogen-bond donors (Lipinski definition) is 1. The number of nitrogens with zero attached hydrogens (tertiary/aromatic N) is 1. The number of fused-ring (bicyclic) bond motifs is 3. The highest BCUT2D eigenvalue weighted by Gasteiger charge is 2.60. The van der Waals surface area contributed by atoms with Crippen LogP contribution in [0.15, 0.2) is 53.4 Å². The molecule has 0 saturated carbocycles. The number of para-hydroxylation sites is 1. The van der Waals surface area contributed by atoms with E-state index in [1.165, 1.54) is 18.5 Å². The van der Waals surface area contributed by atoms with Crippen molar-refractivity contribution in [1.29, 1.82) is 0 Å². The zero-order valence-corrected chi connectivity index (χ0v) is 18.3. The van der Waals surface area contributed by atoms with Crippen molar-refractivity contribution in [1.82, 2.24) is 5.32 Å². The van der Waals surface area contributed by atoms with Gasteiger partial charge in [-0.3, -0.25) is 19.2 Å². The molecule has 2 aromatic rings. The largest absolute Gasteiger partial charge is 0.468 e. The fourth-order valence-electron chi connectivity index (χ4n) is 4.56. The molecular weight excluding hydrogens is 420 g/mol. The standard InChI is InChI=1S/C22H24N2O6S/c1-14-8-10-15(11-9-14)31(27,28)24-13-22(21(26)30-3)12-17(20(25)29-2)23-19(22)16-6-4-5-7-18(16)24/h4-11,17,19,23H,12-13H2,1-3H3/t17-,19-,22+/m0/s1. The number of benzene rings is 2. The van der Waals surface area contributed by atoms with Gasteiger partial charge in [-0.2, -0.15) is 0 Å². The summed E-state index contributed by atoms with van der Waals surface area (Å²) in [6.07, 6.45) is 0.0608. The van der Waals surface area contributed by atoms with E-state index in [4.69, 9.17) is 9.47 Å². The van der Waals surface area contributed by atoms with Crippen LogP contribution in [0.2, 0.25) is 0 Å². The van der Waals surface area contributed by atoms with Gasteiger partial charge in [0, 0.05) is 0 Å². The predicted octanol–water partition coefficient (Wildman–Crippen LogP) is 1.94. The lowest BCUT2D eigenvalue weighted by Gasteiger charge is -2.43. The van der Waals surface area contributed by atoms with E-state index >= 15 is 0 Å². The lowest BCUT2D eigenvalue weighted by atomic mass is 9.73. The first kappa shape index (κ1) is 21.3. The molecule has 8 nitrogen and oxygen atoms in total. The van der Waals surface area contributed by atoms with Crippen molar-refractivity contribution in [2.24, 2.45) is 5.41 Å². The van der Waals surface area contributed by atoms with Gasteiger partial charge in [-0.05, 0) is 37.1 Å². The molecule has 0 aromatic heterocycles. The van der Waals surface area contributed by atoms with Gasteiger partial charge in [-0.15, -0.1) is 0 Å². The number of nitrogens with one attached hydrogen (secondary N) is 1. The Hall–Kier alpha value is -2.91. The summed E-state index contributed by atoms with van der Waals surface area (Å²) in [6.45, 7) is 1.72. The Morgan fingerprint density at radius 1 is 1.06 bits per heavy atom. The number of rotatable bonds is 4. The van der Waals surface area contributed by atoms with Gasteiger partial charge in [0.15, 0.2) is 0 Å². The first-order chi connectivity index (χ1) is 14.7. The Kier molecular flexibility index (Phi) is 5.26. The smallest absolute Gasteiger partial charge is 0.322 e. The summed E-state index contributed by atoms with van der Waals surface area (Å²) in [5.74, 6) is -1.09. The van der Waals surface area contributed by atoms with Crippen LogP contribution in [0.5, 0.6) is 0 Å². The van der Waals surface area contributed by atoms with Gasteiger partial charge in [-0.1, -0.05) is 35.9 Å². The zero-order valence-electron chi connectivity index (χ0n) is 17.5. The fraction of sp³-hybridized carbons (Fsp3) is 0.364. The SMILES string of the molecule is COC(=O)[C@@H]1C[C@@]2(C(=O)OC)CN(S(=O)(=O)c3ccc(C)cc3)c3ccccc3[C@@H]2N1. The maximum atomic E-state index is 13.6. The van der Waals surface area contributed by atoms with E-state index < -0.39 is 39.5 Å². The molecule has 9 heteroatoms. The Morgan fingerprint density at radius 2 is 1.74 bits per heavy atom. The molecule has 0 bridgehead atoms. The number of sulfonamides is 1. The van der Waals surface area contributed by atoms with Crippen molar-refractivity contribution in [3.05, 3.63) is 59.7 Å². The van der Waals surface area contributed by atoms with E-state index in [1.807, 2.05) is 6.92 Å². The van der Waals surface area contributed by atoms with Crippen LogP contribution in [0.3, 0.4) is 0 Å². The Morgan fingerprint density at radius 3 is 2.39 bits per heavy atom. The summed E-state index contributed by atoms with van der Waals surface area (Å²) in [7, 11) is -1.43. The van der Waals surface area contributed by atoms with Gasteiger partial charge in [-0.25, -0.2) is 8.42 Å². The Balaban J connectivity index is 1.88. The average Bonchev–Trinajstić information content (AvgIpc) is 3.19. The number of ether oxygens (including phenoxy) is 2. The van der Waals surface area contributed by atoms with Crippen LogP contribution in [0.1, 0.15) is 23.6 Å². The van der Waals surface area contributed by atoms with Gasteiger partial charge in [0.1, 0.15) is 11.5 Å². The molecule has 0 spiro atoms. The molecule has 1 N–H and O–H groups in total. The van der Waals surface area contributed by atoms with E-state index in [2.05, 4.69) is 5.32 Å². The average molecular weight is 445 g/mol. The van der Waals surface area contributed by atoms with Crippen LogP contribution in [0.25, 0.3) is 0 Å². The van der Waals surface area contributed by atoms with Crippen molar-refractivity contribution < 1.29 is 27.5 Å². The van der Waals surface area contributed by atoms with Crippen molar-refractivity contribution in [2.75, 3.05) is 25.1 Å². The van der Waals surface area contributed by atoms with E-state index in [-0.39, 0.29) is 17.9 Å². The topological polar surface area (TPSA) is 102 Å². The first-order valence-corrected chi connectivity index (χ1v) is 11.3. The van der Waals surface area contributed by atoms with Crippen LogP contribution >= 0.6 is 0 Å². The summed E-state index contributed by atoms with van der Waals surface area (Å²) >= 11 is 0. The molecular formula is C22H24N2O6S. The molecule has 164 valence electrons. The quantitative estimate of drug-likeness (QED) is 0.719. The van der Waals surface area contributed by atoms with Gasteiger partial charge in [0.2, 0.25) is 0 Å². The summed E-state index contributed by atoms with van der Waals surface area (Å²) in [5.41, 5.74) is 0.733. The number of anilines is 1. The van der Waals surface area contributed by atoms with Gasteiger partial charge in [0.05, 0.1) is 37.4 Å². The molecule has 2 aliphatic rings. The van der Waals surface area contributed by atoms with Crippen molar-refractivity contribution >= 4 is 27.6 Å². The van der Waals surface area contributed by atoms with Crippen LogP contribution in [-0.2, 0) is 29.1 Å². The number of hydrogen-bond acceptors (Lipinski definition) is 7. The molecule has 2 aromatic carbocycles. The van der Waals surface area contributed by atoms with E-state index in [0.717, 1.165) is 5.56 Å². The minimum atomic E-state index is -3.97. The zero-order chi connectivity index (χ0) is 22.4. The number of aryl methyl sites for hydroxylation is 1. The second-order valence-electron chi connectivity index (χ2n) is 7.91. The van der Waals surface area contributed by atoms with Gasteiger partial charge < -0.3 is 9.47 Å². The van der Waals surface area contributed by atoms with Crippen LogP contribution in [0, 0.1) is 12.3 Å². The molecule has 1 fully saturated rings. The summed E-state index contributed by atoms with van der Waals surface area (Å²) in [6, 6.07) is 12.2. The predicted molar refractivity (Wildman–Crippen MR) is 113 cm³/mol. The first-order valence-electron chi connectivity index (χ1n) is 9.85. The lowest BCUT2D eigenvalue weighted by Crippen LogP contribution is -2.52. The van der Waals surface area contributed by atoms with Crippen molar-refractivity contribution in [2.45, 2.75) is 30.3 Å². The molecule has 0 aliphatic carbocycles. The summed E-state index contributed by atoms with van der Waals surface area (Å²) in [4.78, 5) is 25.5. The monoisotopic (exact) mass is 444 g/mol. The Bertz CT molecular complexity index is 1130. The minimum Gasteiger partial charge on any atom is -0.468 e. The second-order valence-corrected chi connectivity index (χ2v) is 9.77. The maximum absolute atomic E-state index is 13.6. The minimum absolute atomic E-state index is 0.0608. The van der Waals surface area contributed by atoms with Crippen molar-refractivity contribution in [3.63, 3.8) is 0 Å². The molecule has 0 unspecified atom stereocenters. The third kappa shape index (κ3) is 3.28. The molecule has 2 aliphatic heterocycles. The number of esters is 2. The normalized spacial score (nSPS) is 24.8. The molecule has 3 atom stereocenters. The Labute approximate surface area is 181 Å². The molecule has 0 radical (unpaired) electrons. The molecule has 0 amide bonds. The van der Waals surface area contributed by atoms with E-state index in [0.29, 0.717) is 11.3 Å². The number of carbonyl (C=O) groups excluding carboxylic acids is 2. The third-order valence-electron chi connectivity index (χ3n) is 6.12. The maximum Gasteiger partial charge on any atom is 0.322 e. The van der Waals surface area contributed by atoms with Crippen LogP contribution in [-0.4, -0.2) is 47.2 Å². The highest BCUT2D eigenvalue weighted by molar-refractivity contribution is 7.92. The number of carbonyl (C=O) groups is 2. The van der Waals surface area contributed by atoms with Crippen LogP contribution in [0.4, 0.5) is 5.69 Å². The van der Waals surface area contributed by atoms with Crippen LogP contribution < -0.4 is 9.62 Å². The molecule has 4 rings (SSSR count). The molecule has 31 heavy (non-hydrogen) atoms. The van der Waals surface area contributed by atoms with Crippen molar-refractivity contribution in [3.8, 4) is 0 Å². The second kappa shape index (κ2) is 7.65. The van der Waals surface area contributed by atoms with E-state index in [9.17, 15) is 18.0 Å². The highest BCUT2D eigenvalue weighted by Crippen LogP contribution is 2.53.